The van der Waals surface area contributed by atoms with E-state index in [2.05, 4.69) is 0 Å². The fourth-order valence-corrected chi connectivity index (χ4v) is 1.89. The molecule has 0 atom stereocenters. The third kappa shape index (κ3) is 4.50. The highest BCUT2D eigenvalue weighted by Gasteiger charge is 2.12. The van der Waals surface area contributed by atoms with Gasteiger partial charge in [-0.1, -0.05) is 18.2 Å². The molecular weight excluding hydrogens is 303 g/mol. The Morgan fingerprint density at radius 1 is 1.22 bits per heavy atom. The molecular formula is C16H15FN2O4. The molecule has 0 aliphatic rings. The normalized spacial score (nSPS) is 10.2. The van der Waals surface area contributed by atoms with Crippen LogP contribution in [0.4, 0.5) is 10.1 Å². The minimum absolute atomic E-state index is 0.0552. The first-order valence-corrected chi connectivity index (χ1v) is 6.82. The Kier molecular flexibility index (Phi) is 5.24. The van der Waals surface area contributed by atoms with Gasteiger partial charge < -0.3 is 9.64 Å². The first kappa shape index (κ1) is 16.4. The van der Waals surface area contributed by atoms with Gasteiger partial charge in [0.2, 0.25) is 0 Å². The molecule has 0 saturated carbocycles. The second-order valence-corrected chi connectivity index (χ2v) is 4.88. The third-order valence-electron chi connectivity index (χ3n) is 3.20. The first-order valence-electron chi connectivity index (χ1n) is 6.82. The van der Waals surface area contributed by atoms with Gasteiger partial charge in [-0.05, 0) is 18.2 Å². The van der Waals surface area contributed by atoms with E-state index in [1.54, 1.807) is 25.2 Å². The quantitative estimate of drug-likeness (QED) is 0.606. The van der Waals surface area contributed by atoms with Crippen LogP contribution in [0.5, 0.6) is 5.75 Å². The van der Waals surface area contributed by atoms with Gasteiger partial charge in [-0.15, -0.1) is 0 Å². The number of carbonyl (C=O) groups excluding carboxylic acids is 1. The topological polar surface area (TPSA) is 72.7 Å². The molecule has 0 N–H and O–H groups in total. The number of nitro groups is 1. The molecule has 0 saturated heterocycles. The van der Waals surface area contributed by atoms with Crippen molar-refractivity contribution >= 4 is 11.6 Å². The predicted molar refractivity (Wildman–Crippen MR) is 81.5 cm³/mol. The van der Waals surface area contributed by atoms with E-state index in [0.717, 1.165) is 0 Å². The fraction of sp³-hybridized carbons (Fsp3) is 0.188. The Bertz CT molecular complexity index is 703. The van der Waals surface area contributed by atoms with E-state index in [4.69, 9.17) is 4.74 Å². The van der Waals surface area contributed by atoms with E-state index >= 15 is 0 Å². The summed E-state index contributed by atoms with van der Waals surface area (Å²) in [5.74, 6) is -0.349. The lowest BCUT2D eigenvalue weighted by atomic mass is 10.2. The highest BCUT2D eigenvalue weighted by atomic mass is 19.1. The van der Waals surface area contributed by atoms with Crippen LogP contribution in [0.2, 0.25) is 0 Å². The van der Waals surface area contributed by atoms with Crippen LogP contribution in [0.1, 0.15) is 5.56 Å². The predicted octanol–water partition coefficient (Wildman–Crippen LogP) is 2.77. The van der Waals surface area contributed by atoms with Crippen LogP contribution in [-0.4, -0.2) is 29.4 Å². The van der Waals surface area contributed by atoms with Crippen molar-refractivity contribution in [1.82, 2.24) is 4.90 Å². The van der Waals surface area contributed by atoms with Gasteiger partial charge in [0.1, 0.15) is 11.6 Å². The average molecular weight is 318 g/mol. The summed E-state index contributed by atoms with van der Waals surface area (Å²) in [6, 6.07) is 11.6. The van der Waals surface area contributed by atoms with Gasteiger partial charge >= 0.3 is 0 Å². The summed E-state index contributed by atoms with van der Waals surface area (Å²) in [7, 11) is 1.55. The van der Waals surface area contributed by atoms with E-state index in [0.29, 0.717) is 11.3 Å². The lowest BCUT2D eigenvalue weighted by molar-refractivity contribution is -0.384. The lowest BCUT2D eigenvalue weighted by Gasteiger charge is -2.18. The van der Waals surface area contributed by atoms with Gasteiger partial charge in [0, 0.05) is 31.3 Å². The molecule has 6 nitrogen and oxygen atoms in total. The van der Waals surface area contributed by atoms with Gasteiger partial charge in [0.05, 0.1) is 4.92 Å². The van der Waals surface area contributed by atoms with Crippen molar-refractivity contribution in [3.05, 3.63) is 70.0 Å². The highest BCUT2D eigenvalue weighted by molar-refractivity contribution is 5.77. The number of ether oxygens (including phenoxy) is 1. The van der Waals surface area contributed by atoms with Crippen LogP contribution in [-0.2, 0) is 11.3 Å². The zero-order valence-electron chi connectivity index (χ0n) is 12.4. The molecule has 120 valence electrons. The molecule has 2 aromatic rings. The van der Waals surface area contributed by atoms with Crippen LogP contribution in [0.25, 0.3) is 0 Å². The number of halogens is 1. The minimum Gasteiger partial charge on any atom is -0.484 e. The van der Waals surface area contributed by atoms with E-state index in [9.17, 15) is 19.3 Å². The first-order chi connectivity index (χ1) is 11.0. The number of rotatable bonds is 6. The fourth-order valence-electron chi connectivity index (χ4n) is 1.89. The number of hydrogen-bond donors (Lipinski definition) is 0. The molecule has 0 aliphatic carbocycles. The maximum absolute atomic E-state index is 13.5. The van der Waals surface area contributed by atoms with Gasteiger partial charge in [-0.3, -0.25) is 14.9 Å². The number of likely N-dealkylation sites (N-methyl/N-ethyl adjacent to an activating group) is 1. The van der Waals surface area contributed by atoms with Crippen LogP contribution in [0.3, 0.4) is 0 Å². The molecule has 0 unspecified atom stereocenters. The zero-order chi connectivity index (χ0) is 16.8. The summed E-state index contributed by atoms with van der Waals surface area (Å²) in [6.45, 7) is -0.0993. The number of non-ortho nitro benzene ring substituents is 1. The van der Waals surface area contributed by atoms with E-state index in [1.165, 1.54) is 35.2 Å². The number of carbonyl (C=O) groups is 1. The summed E-state index contributed by atoms with van der Waals surface area (Å²) < 4.78 is 18.8. The largest absolute Gasteiger partial charge is 0.484 e. The van der Waals surface area contributed by atoms with Crippen LogP contribution < -0.4 is 4.74 Å². The maximum Gasteiger partial charge on any atom is 0.269 e. The molecule has 7 heteroatoms. The van der Waals surface area contributed by atoms with E-state index in [1.807, 2.05) is 0 Å². The molecule has 23 heavy (non-hydrogen) atoms. The van der Waals surface area contributed by atoms with Crippen molar-refractivity contribution in [1.29, 1.82) is 0 Å². The van der Waals surface area contributed by atoms with E-state index in [-0.39, 0.29) is 30.6 Å². The second-order valence-electron chi connectivity index (χ2n) is 4.88. The number of amides is 1. The summed E-state index contributed by atoms with van der Waals surface area (Å²) >= 11 is 0. The Balaban J connectivity index is 1.89. The lowest BCUT2D eigenvalue weighted by Crippen LogP contribution is -2.31. The van der Waals surface area contributed by atoms with Crippen LogP contribution >= 0.6 is 0 Å². The van der Waals surface area contributed by atoms with Crippen molar-refractivity contribution in [3.8, 4) is 5.75 Å². The van der Waals surface area contributed by atoms with Gasteiger partial charge in [-0.2, -0.15) is 0 Å². The minimum atomic E-state index is -0.517. The SMILES string of the molecule is CN(Cc1ccccc1F)C(=O)COc1ccc([N+](=O)[O-])cc1. The van der Waals surface area contributed by atoms with Gasteiger partial charge in [0.25, 0.3) is 11.6 Å². The smallest absolute Gasteiger partial charge is 0.269 e. The molecule has 0 spiro atoms. The molecule has 0 heterocycles. The van der Waals surface area contributed by atoms with Crippen molar-refractivity contribution < 1.29 is 18.8 Å². The van der Waals surface area contributed by atoms with Gasteiger partial charge in [0.15, 0.2) is 6.61 Å². The van der Waals surface area contributed by atoms with Crippen LogP contribution in [0, 0.1) is 15.9 Å². The Morgan fingerprint density at radius 3 is 2.48 bits per heavy atom. The molecule has 0 aromatic heterocycles. The summed E-state index contributed by atoms with van der Waals surface area (Å²) in [5.41, 5.74) is 0.360. The molecule has 0 aliphatic heterocycles. The maximum atomic E-state index is 13.5. The Hall–Kier alpha value is -2.96. The number of hydrogen-bond acceptors (Lipinski definition) is 4. The number of benzene rings is 2. The Morgan fingerprint density at radius 2 is 1.87 bits per heavy atom. The summed E-state index contributed by atoms with van der Waals surface area (Å²) in [6.07, 6.45) is 0. The molecule has 1 amide bonds. The zero-order valence-corrected chi connectivity index (χ0v) is 12.4. The number of nitro benzene ring substituents is 1. The van der Waals surface area contributed by atoms with Crippen molar-refractivity contribution in [2.45, 2.75) is 6.54 Å². The second kappa shape index (κ2) is 7.35. The monoisotopic (exact) mass is 318 g/mol. The molecule has 0 fully saturated rings. The molecule has 2 aromatic carbocycles. The van der Waals surface area contributed by atoms with E-state index < -0.39 is 4.92 Å². The molecule has 2 rings (SSSR count). The standard InChI is InChI=1S/C16H15FN2O4/c1-18(10-12-4-2-3-5-15(12)17)16(20)11-23-14-8-6-13(7-9-14)19(21)22/h2-9H,10-11H2,1H3. The average Bonchev–Trinajstić information content (AvgIpc) is 2.55. The Labute approximate surface area is 132 Å². The number of nitrogens with zero attached hydrogens (tertiary/aromatic N) is 2. The van der Waals surface area contributed by atoms with Crippen LogP contribution in [0.15, 0.2) is 48.5 Å². The van der Waals surface area contributed by atoms with Crippen molar-refractivity contribution in [3.63, 3.8) is 0 Å². The van der Waals surface area contributed by atoms with Crippen molar-refractivity contribution in [2.75, 3.05) is 13.7 Å². The summed E-state index contributed by atoms with van der Waals surface area (Å²) in [4.78, 5) is 23.4. The van der Waals surface area contributed by atoms with Crippen molar-refractivity contribution in [2.24, 2.45) is 0 Å². The molecule has 0 bridgehead atoms. The summed E-state index contributed by atoms with van der Waals surface area (Å²) in [5, 5.41) is 10.5. The van der Waals surface area contributed by atoms with Gasteiger partial charge in [-0.25, -0.2) is 4.39 Å². The highest BCUT2D eigenvalue weighted by Crippen LogP contribution is 2.17. The molecule has 0 radical (unpaired) electrons. The third-order valence-corrected chi connectivity index (χ3v) is 3.20.